The van der Waals surface area contributed by atoms with Crippen LogP contribution in [0.15, 0.2) is 11.4 Å². The standard InChI is InChI=1S/C17H23N5O4S2/c1-12-10-13(2)22(20-12)17-19-14(11-27-17)6-7-18-28(25,26)9-8-21-15(23)4-3-5-16(21)24/h10-11,18H,3-9H2,1-2H3. The fourth-order valence-corrected chi connectivity index (χ4v) is 4.85. The van der Waals surface area contributed by atoms with Crippen molar-refractivity contribution < 1.29 is 18.0 Å². The van der Waals surface area contributed by atoms with Gasteiger partial charge in [0.25, 0.3) is 0 Å². The van der Waals surface area contributed by atoms with Gasteiger partial charge in [-0.2, -0.15) is 5.10 Å². The molecule has 3 rings (SSSR count). The maximum Gasteiger partial charge on any atom is 0.229 e. The lowest BCUT2D eigenvalue weighted by Crippen LogP contribution is -2.44. The average molecular weight is 426 g/mol. The molecule has 28 heavy (non-hydrogen) atoms. The van der Waals surface area contributed by atoms with Crippen LogP contribution in [0.1, 0.15) is 36.3 Å². The van der Waals surface area contributed by atoms with Gasteiger partial charge in [-0.1, -0.05) is 0 Å². The van der Waals surface area contributed by atoms with Crippen LogP contribution in [0.5, 0.6) is 0 Å². The number of thiazole rings is 1. The molecule has 1 aliphatic heterocycles. The molecule has 0 aliphatic carbocycles. The summed E-state index contributed by atoms with van der Waals surface area (Å²) in [7, 11) is -3.58. The molecule has 0 radical (unpaired) electrons. The molecule has 0 spiro atoms. The topological polar surface area (TPSA) is 114 Å². The van der Waals surface area contributed by atoms with Crippen molar-refractivity contribution in [2.24, 2.45) is 0 Å². The molecule has 2 aromatic rings. The van der Waals surface area contributed by atoms with Crippen molar-refractivity contribution in [3.8, 4) is 5.13 Å². The number of hydrogen-bond acceptors (Lipinski definition) is 7. The van der Waals surface area contributed by atoms with Crippen LogP contribution in [0.3, 0.4) is 0 Å². The summed E-state index contributed by atoms with van der Waals surface area (Å²) in [5, 5.41) is 7.01. The lowest BCUT2D eigenvalue weighted by molar-refractivity contribution is -0.147. The van der Waals surface area contributed by atoms with Crippen molar-refractivity contribution >= 4 is 33.2 Å². The zero-order chi connectivity index (χ0) is 20.3. The molecule has 1 fully saturated rings. The number of carbonyl (C=O) groups excluding carboxylic acids is 2. The van der Waals surface area contributed by atoms with Crippen LogP contribution in [0.25, 0.3) is 5.13 Å². The quantitative estimate of drug-likeness (QED) is 0.630. The van der Waals surface area contributed by atoms with E-state index in [4.69, 9.17) is 0 Å². The van der Waals surface area contributed by atoms with Gasteiger partial charge in [0.05, 0.1) is 17.1 Å². The first-order valence-corrected chi connectivity index (χ1v) is 11.6. The van der Waals surface area contributed by atoms with Crippen molar-refractivity contribution in [3.05, 3.63) is 28.5 Å². The van der Waals surface area contributed by atoms with Crippen LogP contribution in [0.2, 0.25) is 0 Å². The molecule has 2 aromatic heterocycles. The summed E-state index contributed by atoms with van der Waals surface area (Å²) in [5.74, 6) is -0.894. The highest BCUT2D eigenvalue weighted by molar-refractivity contribution is 7.89. The lowest BCUT2D eigenvalue weighted by atomic mass is 10.1. The third-order valence-corrected chi connectivity index (χ3v) is 6.63. The second-order valence-corrected chi connectivity index (χ2v) is 9.48. The fourth-order valence-electron chi connectivity index (χ4n) is 3.00. The molecular formula is C17H23N5O4S2. The van der Waals surface area contributed by atoms with E-state index < -0.39 is 10.0 Å². The highest BCUT2D eigenvalue weighted by Gasteiger charge is 2.27. The minimum Gasteiger partial charge on any atom is -0.282 e. The predicted molar refractivity (Wildman–Crippen MR) is 105 cm³/mol. The Labute approximate surface area is 167 Å². The maximum absolute atomic E-state index is 12.2. The van der Waals surface area contributed by atoms with Crippen molar-refractivity contribution in [1.82, 2.24) is 24.4 Å². The number of aromatic nitrogens is 3. The first-order chi connectivity index (χ1) is 13.2. The van der Waals surface area contributed by atoms with Crippen molar-refractivity contribution in [3.63, 3.8) is 0 Å². The van der Waals surface area contributed by atoms with Gasteiger partial charge in [-0.3, -0.25) is 14.5 Å². The Kier molecular flexibility index (Phi) is 6.26. The third-order valence-electron chi connectivity index (χ3n) is 4.40. The second-order valence-electron chi connectivity index (χ2n) is 6.72. The number of carbonyl (C=O) groups is 2. The molecule has 0 unspecified atom stereocenters. The number of piperidine rings is 1. The van der Waals surface area contributed by atoms with E-state index in [2.05, 4.69) is 14.8 Å². The Hall–Kier alpha value is -2.11. The van der Waals surface area contributed by atoms with Crippen LogP contribution >= 0.6 is 11.3 Å². The molecule has 0 bridgehead atoms. The summed E-state index contributed by atoms with van der Waals surface area (Å²) < 4.78 is 28.6. The van der Waals surface area contributed by atoms with Crippen LogP contribution in [0.4, 0.5) is 0 Å². The molecule has 11 heteroatoms. The Morgan fingerprint density at radius 3 is 2.57 bits per heavy atom. The predicted octanol–water partition coefficient (Wildman–Crippen LogP) is 0.947. The zero-order valence-corrected chi connectivity index (χ0v) is 17.5. The molecule has 3 heterocycles. The van der Waals surface area contributed by atoms with Gasteiger partial charge in [0.2, 0.25) is 27.0 Å². The van der Waals surface area contributed by atoms with Gasteiger partial charge in [-0.25, -0.2) is 22.8 Å². The molecule has 0 aromatic carbocycles. The number of sulfonamides is 1. The van der Waals surface area contributed by atoms with E-state index >= 15 is 0 Å². The molecule has 1 aliphatic rings. The van der Waals surface area contributed by atoms with Gasteiger partial charge in [-0.15, -0.1) is 11.3 Å². The Morgan fingerprint density at radius 2 is 1.93 bits per heavy atom. The molecule has 1 N–H and O–H groups in total. The molecule has 0 saturated carbocycles. The molecule has 1 saturated heterocycles. The van der Waals surface area contributed by atoms with Gasteiger partial charge < -0.3 is 0 Å². The Balaban J connectivity index is 1.49. The summed E-state index contributed by atoms with van der Waals surface area (Å²) >= 11 is 1.45. The number of hydrogen-bond donors (Lipinski definition) is 1. The van der Waals surface area contributed by atoms with E-state index in [1.54, 1.807) is 4.68 Å². The monoisotopic (exact) mass is 425 g/mol. The number of aryl methyl sites for hydroxylation is 2. The summed E-state index contributed by atoms with van der Waals surface area (Å²) in [6.07, 6.45) is 1.56. The average Bonchev–Trinajstić information content (AvgIpc) is 3.20. The second kappa shape index (κ2) is 8.50. The first-order valence-electron chi connectivity index (χ1n) is 9.04. The highest BCUT2D eigenvalue weighted by Crippen LogP contribution is 2.17. The van der Waals surface area contributed by atoms with Crippen LogP contribution in [0, 0.1) is 13.8 Å². The number of rotatable bonds is 8. The summed E-state index contributed by atoms with van der Waals surface area (Å²) in [6.45, 7) is 3.96. The molecule has 152 valence electrons. The number of likely N-dealkylation sites (tertiary alicyclic amines) is 1. The fraction of sp³-hybridized carbons (Fsp3) is 0.529. The van der Waals surface area contributed by atoms with Crippen LogP contribution < -0.4 is 4.72 Å². The molecule has 9 nitrogen and oxygen atoms in total. The van der Waals surface area contributed by atoms with Gasteiger partial charge in [0.1, 0.15) is 0 Å². The molecule has 2 amide bonds. The van der Waals surface area contributed by atoms with Crippen molar-refractivity contribution in [2.75, 3.05) is 18.8 Å². The highest BCUT2D eigenvalue weighted by atomic mass is 32.2. The molecular weight excluding hydrogens is 402 g/mol. The summed E-state index contributed by atoms with van der Waals surface area (Å²) in [6, 6.07) is 1.97. The normalized spacial score (nSPS) is 15.4. The van der Waals surface area contributed by atoms with E-state index in [1.165, 1.54) is 11.3 Å². The Bertz CT molecular complexity index is 964. The van der Waals surface area contributed by atoms with E-state index in [1.807, 2.05) is 25.3 Å². The number of amides is 2. The van der Waals surface area contributed by atoms with E-state index in [0.29, 0.717) is 25.7 Å². The first kappa shape index (κ1) is 20.6. The van der Waals surface area contributed by atoms with Gasteiger partial charge in [-0.05, 0) is 26.3 Å². The third kappa shape index (κ3) is 5.03. The maximum atomic E-state index is 12.2. The van der Waals surface area contributed by atoms with Gasteiger partial charge in [0.15, 0.2) is 0 Å². The van der Waals surface area contributed by atoms with E-state index in [0.717, 1.165) is 27.1 Å². The zero-order valence-electron chi connectivity index (χ0n) is 15.8. The lowest BCUT2D eigenvalue weighted by Gasteiger charge is -2.24. The van der Waals surface area contributed by atoms with Gasteiger partial charge >= 0.3 is 0 Å². The van der Waals surface area contributed by atoms with Crippen LogP contribution in [-0.2, 0) is 26.0 Å². The molecule has 0 atom stereocenters. The van der Waals surface area contributed by atoms with E-state index in [-0.39, 0.29) is 30.7 Å². The number of imide groups is 1. The smallest absolute Gasteiger partial charge is 0.229 e. The summed E-state index contributed by atoms with van der Waals surface area (Å²) in [5.41, 5.74) is 2.67. The Morgan fingerprint density at radius 1 is 1.21 bits per heavy atom. The van der Waals surface area contributed by atoms with Gasteiger partial charge in [0, 0.05) is 43.4 Å². The van der Waals surface area contributed by atoms with Crippen molar-refractivity contribution in [2.45, 2.75) is 39.5 Å². The van der Waals surface area contributed by atoms with Crippen molar-refractivity contribution in [1.29, 1.82) is 0 Å². The largest absolute Gasteiger partial charge is 0.282 e. The van der Waals surface area contributed by atoms with E-state index in [9.17, 15) is 18.0 Å². The minimum atomic E-state index is -3.58. The summed E-state index contributed by atoms with van der Waals surface area (Å²) in [4.78, 5) is 29.0. The number of nitrogens with one attached hydrogen (secondary N) is 1. The SMILES string of the molecule is Cc1cc(C)n(-c2nc(CCNS(=O)(=O)CCN3C(=O)CCCC3=O)cs2)n1. The van der Waals surface area contributed by atoms with Crippen LogP contribution in [-0.4, -0.2) is 58.7 Å². The minimum absolute atomic E-state index is 0.105. The number of nitrogens with zero attached hydrogens (tertiary/aromatic N) is 4.